The first-order valence-corrected chi connectivity index (χ1v) is 4.66. The zero-order valence-corrected chi connectivity index (χ0v) is 7.55. The Kier molecular flexibility index (Phi) is 5.57. The van der Waals surface area contributed by atoms with Crippen LogP contribution in [-0.2, 0) is 0 Å². The fourth-order valence-corrected chi connectivity index (χ4v) is 1.46. The highest BCUT2D eigenvalue weighted by Crippen LogP contribution is 2.18. The number of aliphatic hydroxyl groups excluding tert-OH is 1. The molecule has 0 aromatic heterocycles. The van der Waals surface area contributed by atoms with Gasteiger partial charge < -0.3 is 5.11 Å². The summed E-state index contributed by atoms with van der Waals surface area (Å²) in [7, 11) is 0. The van der Waals surface area contributed by atoms with E-state index in [-0.39, 0.29) is 6.61 Å². The van der Waals surface area contributed by atoms with Crippen molar-refractivity contribution >= 4 is 0 Å². The topological polar surface area (TPSA) is 20.2 Å². The van der Waals surface area contributed by atoms with E-state index in [1.165, 1.54) is 6.42 Å². The molecule has 0 aromatic rings. The van der Waals surface area contributed by atoms with Crippen LogP contribution in [0.2, 0.25) is 0 Å². The van der Waals surface area contributed by atoms with Gasteiger partial charge in [-0.05, 0) is 18.8 Å². The first kappa shape index (κ1) is 7.60. The van der Waals surface area contributed by atoms with Gasteiger partial charge in [0.05, 0.1) is 0 Å². The van der Waals surface area contributed by atoms with Crippen LogP contribution in [0.5, 0.6) is 0 Å². The van der Waals surface area contributed by atoms with Crippen LogP contribution >= 0.6 is 0 Å². The van der Waals surface area contributed by atoms with Crippen LogP contribution in [-0.4, -0.2) is 11.7 Å². The van der Waals surface area contributed by atoms with E-state index < -0.39 is 6.88 Å². The SMILES string of the molecule is [2H]C([2H])CC[C@@H](CCC)CCCO. The van der Waals surface area contributed by atoms with Gasteiger partial charge in [-0.25, -0.2) is 0 Å². The molecular formula is C10H22O. The molecule has 0 unspecified atom stereocenters. The second-order valence-corrected chi connectivity index (χ2v) is 3.10. The Bertz CT molecular complexity index is 107. The fraction of sp³-hybridized carbons (Fsp3) is 1.00. The van der Waals surface area contributed by atoms with Crippen molar-refractivity contribution < 1.29 is 7.85 Å². The average Bonchev–Trinajstić information content (AvgIpc) is 2.09. The summed E-state index contributed by atoms with van der Waals surface area (Å²) in [5, 5.41) is 8.69. The van der Waals surface area contributed by atoms with Crippen molar-refractivity contribution in [3.8, 4) is 0 Å². The second-order valence-electron chi connectivity index (χ2n) is 3.10. The number of hydrogen-bond donors (Lipinski definition) is 1. The summed E-state index contributed by atoms with van der Waals surface area (Å²) in [5.41, 5.74) is 0. The summed E-state index contributed by atoms with van der Waals surface area (Å²) in [6, 6.07) is 0. The molecule has 0 radical (unpaired) electrons. The van der Waals surface area contributed by atoms with E-state index in [4.69, 9.17) is 7.85 Å². The lowest BCUT2D eigenvalue weighted by Crippen LogP contribution is -2.00. The van der Waals surface area contributed by atoms with Crippen LogP contribution in [0.4, 0.5) is 0 Å². The third-order valence-electron chi connectivity index (χ3n) is 2.04. The zero-order valence-electron chi connectivity index (χ0n) is 9.55. The molecule has 1 heteroatoms. The van der Waals surface area contributed by atoms with Gasteiger partial charge in [0.25, 0.3) is 0 Å². The van der Waals surface area contributed by atoms with Crippen LogP contribution in [0.3, 0.4) is 0 Å². The molecular weight excluding hydrogens is 136 g/mol. The minimum atomic E-state index is -0.673. The van der Waals surface area contributed by atoms with E-state index >= 15 is 0 Å². The third kappa shape index (κ3) is 6.36. The molecule has 0 spiro atoms. The lowest BCUT2D eigenvalue weighted by molar-refractivity contribution is 0.264. The van der Waals surface area contributed by atoms with Crippen molar-refractivity contribution in [2.75, 3.05) is 6.61 Å². The highest BCUT2D eigenvalue weighted by atomic mass is 16.2. The maximum absolute atomic E-state index is 8.69. The van der Waals surface area contributed by atoms with E-state index in [0.717, 1.165) is 25.7 Å². The Labute approximate surface area is 73.6 Å². The van der Waals surface area contributed by atoms with Gasteiger partial charge >= 0.3 is 0 Å². The third-order valence-corrected chi connectivity index (χ3v) is 2.04. The predicted octanol–water partition coefficient (Wildman–Crippen LogP) is 2.98. The molecule has 0 rings (SSSR count). The first-order valence-electron chi connectivity index (χ1n) is 5.81. The predicted molar refractivity (Wildman–Crippen MR) is 49.6 cm³/mol. The lowest BCUT2D eigenvalue weighted by Gasteiger charge is -2.13. The van der Waals surface area contributed by atoms with Gasteiger partial charge in [-0.15, -0.1) is 0 Å². The van der Waals surface area contributed by atoms with Crippen molar-refractivity contribution in [1.29, 1.82) is 0 Å². The second kappa shape index (κ2) is 8.06. The Morgan fingerprint density at radius 2 is 2.00 bits per heavy atom. The molecule has 0 aliphatic rings. The summed E-state index contributed by atoms with van der Waals surface area (Å²) in [4.78, 5) is 0. The molecule has 0 amide bonds. The summed E-state index contributed by atoms with van der Waals surface area (Å²) in [5.74, 6) is 0.621. The Hall–Kier alpha value is -0.0400. The highest BCUT2D eigenvalue weighted by Gasteiger charge is 2.04. The zero-order chi connectivity index (χ0) is 10.1. The summed E-state index contributed by atoms with van der Waals surface area (Å²) in [6.07, 6.45) is 5.91. The molecule has 0 heterocycles. The molecule has 0 aliphatic carbocycles. The summed E-state index contributed by atoms with van der Waals surface area (Å²) >= 11 is 0. The molecule has 0 saturated heterocycles. The van der Waals surface area contributed by atoms with Gasteiger partial charge in [0, 0.05) is 9.35 Å². The largest absolute Gasteiger partial charge is 0.396 e. The van der Waals surface area contributed by atoms with Gasteiger partial charge in [-0.3, -0.25) is 0 Å². The quantitative estimate of drug-likeness (QED) is 0.607. The molecule has 68 valence electrons. The maximum atomic E-state index is 8.69. The van der Waals surface area contributed by atoms with E-state index in [1.807, 2.05) is 0 Å². The molecule has 0 aromatic carbocycles. The minimum absolute atomic E-state index is 0.269. The van der Waals surface area contributed by atoms with Crippen molar-refractivity contribution in [2.45, 2.75) is 52.3 Å². The Morgan fingerprint density at radius 1 is 1.27 bits per heavy atom. The molecule has 1 N–H and O–H groups in total. The Morgan fingerprint density at radius 3 is 2.55 bits per heavy atom. The Balaban J connectivity index is 3.53. The van der Waals surface area contributed by atoms with Crippen LogP contribution in [0, 0.1) is 5.92 Å². The molecule has 0 fully saturated rings. The van der Waals surface area contributed by atoms with Crippen molar-refractivity contribution in [2.24, 2.45) is 5.92 Å². The van der Waals surface area contributed by atoms with Crippen LogP contribution in [0.1, 0.15) is 55.1 Å². The molecule has 0 saturated carbocycles. The minimum Gasteiger partial charge on any atom is -0.396 e. The van der Waals surface area contributed by atoms with E-state index in [9.17, 15) is 0 Å². The van der Waals surface area contributed by atoms with Gasteiger partial charge in [0.2, 0.25) is 0 Å². The summed E-state index contributed by atoms with van der Waals surface area (Å²) in [6.45, 7) is 1.75. The van der Waals surface area contributed by atoms with Crippen LogP contribution in [0.25, 0.3) is 0 Å². The monoisotopic (exact) mass is 160 g/mol. The molecule has 1 atom stereocenters. The smallest absolute Gasteiger partial charge is 0.0431 e. The van der Waals surface area contributed by atoms with Crippen molar-refractivity contribution in [3.63, 3.8) is 0 Å². The first-order chi connectivity index (χ1) is 6.20. The lowest BCUT2D eigenvalue weighted by atomic mass is 9.94. The van der Waals surface area contributed by atoms with E-state index in [1.54, 1.807) is 0 Å². The molecule has 0 aliphatic heterocycles. The standard InChI is InChI=1S/C10H22O/c1-3-6-10(7-4-2)8-5-9-11/h10-11H,3-9H2,1-2H3/i1D2/t10-/m0/s1. The average molecular weight is 160 g/mol. The molecule has 0 bridgehead atoms. The van der Waals surface area contributed by atoms with Gasteiger partial charge in [0.1, 0.15) is 0 Å². The number of aliphatic hydroxyl groups is 1. The van der Waals surface area contributed by atoms with Gasteiger partial charge in [-0.2, -0.15) is 0 Å². The van der Waals surface area contributed by atoms with Gasteiger partial charge in [0.15, 0.2) is 0 Å². The van der Waals surface area contributed by atoms with Crippen LogP contribution in [0.15, 0.2) is 0 Å². The highest BCUT2D eigenvalue weighted by molar-refractivity contribution is 4.57. The maximum Gasteiger partial charge on any atom is 0.0431 e. The number of rotatable bonds is 7. The van der Waals surface area contributed by atoms with Gasteiger partial charge in [-0.1, -0.05) is 39.5 Å². The van der Waals surface area contributed by atoms with Crippen molar-refractivity contribution in [1.82, 2.24) is 0 Å². The van der Waals surface area contributed by atoms with Crippen LogP contribution < -0.4 is 0 Å². The fourth-order valence-electron chi connectivity index (χ4n) is 1.46. The number of hydrogen-bond acceptors (Lipinski definition) is 1. The normalized spacial score (nSPS) is 16.3. The molecule has 1 nitrogen and oxygen atoms in total. The molecule has 11 heavy (non-hydrogen) atoms. The summed E-state index contributed by atoms with van der Waals surface area (Å²) < 4.78 is 14.2. The van der Waals surface area contributed by atoms with E-state index in [0.29, 0.717) is 12.3 Å². The van der Waals surface area contributed by atoms with E-state index in [2.05, 4.69) is 6.92 Å². The van der Waals surface area contributed by atoms with Crippen molar-refractivity contribution in [3.05, 3.63) is 0 Å².